The van der Waals surface area contributed by atoms with Crippen molar-refractivity contribution in [1.29, 1.82) is 0 Å². The average Bonchev–Trinajstić information content (AvgIpc) is 2.68. The van der Waals surface area contributed by atoms with Gasteiger partial charge in [0, 0.05) is 31.7 Å². The molecule has 0 spiro atoms. The van der Waals surface area contributed by atoms with Gasteiger partial charge in [-0.1, -0.05) is 18.2 Å². The second-order valence-corrected chi connectivity index (χ2v) is 6.78. The molecule has 0 unspecified atom stereocenters. The largest absolute Gasteiger partial charge is 0.465 e. The summed E-state index contributed by atoms with van der Waals surface area (Å²) in [5.41, 5.74) is 3.47. The molecular weight excluding hydrogens is 342 g/mol. The number of likely N-dealkylation sites (N-methyl/N-ethyl adjacent to an activating group) is 1. The van der Waals surface area contributed by atoms with E-state index < -0.39 is 5.97 Å². The number of nitrogens with one attached hydrogen (secondary N) is 1. The van der Waals surface area contributed by atoms with E-state index in [0.29, 0.717) is 16.8 Å². The Hall–Kier alpha value is -2.86. The van der Waals surface area contributed by atoms with Crippen LogP contribution in [0.15, 0.2) is 42.5 Å². The van der Waals surface area contributed by atoms with E-state index in [-0.39, 0.29) is 5.91 Å². The molecule has 27 heavy (non-hydrogen) atoms. The number of hydrogen-bond donors (Lipinski definition) is 1. The summed E-state index contributed by atoms with van der Waals surface area (Å²) in [7, 11) is 3.45. The maximum absolute atomic E-state index is 12.8. The minimum Gasteiger partial charge on any atom is -0.465 e. The van der Waals surface area contributed by atoms with Crippen molar-refractivity contribution in [3.8, 4) is 0 Å². The van der Waals surface area contributed by atoms with Crippen molar-refractivity contribution < 1.29 is 14.3 Å². The molecule has 2 aromatic carbocycles. The molecule has 6 nitrogen and oxygen atoms in total. The Morgan fingerprint density at radius 1 is 1.04 bits per heavy atom. The van der Waals surface area contributed by atoms with E-state index in [9.17, 15) is 9.59 Å². The van der Waals surface area contributed by atoms with Crippen LogP contribution in [0.1, 0.15) is 26.3 Å². The Bertz CT molecular complexity index is 842. The Morgan fingerprint density at radius 2 is 1.74 bits per heavy atom. The van der Waals surface area contributed by atoms with Crippen molar-refractivity contribution in [1.82, 2.24) is 4.90 Å². The number of carbonyl (C=O) groups is 2. The zero-order valence-electron chi connectivity index (χ0n) is 16.0. The monoisotopic (exact) mass is 367 g/mol. The van der Waals surface area contributed by atoms with Crippen molar-refractivity contribution in [3.05, 3.63) is 59.2 Å². The first-order chi connectivity index (χ1) is 13.0. The highest BCUT2D eigenvalue weighted by molar-refractivity contribution is 6.07. The normalized spacial score (nSPS) is 14.7. The van der Waals surface area contributed by atoms with Gasteiger partial charge in [-0.25, -0.2) is 4.79 Å². The Morgan fingerprint density at radius 3 is 2.41 bits per heavy atom. The number of benzene rings is 2. The summed E-state index contributed by atoms with van der Waals surface area (Å²) in [5.74, 6) is -0.614. The van der Waals surface area contributed by atoms with Crippen molar-refractivity contribution >= 4 is 23.3 Å². The lowest BCUT2D eigenvalue weighted by atomic mass is 10.1. The summed E-state index contributed by atoms with van der Waals surface area (Å²) in [5, 5.41) is 2.99. The second-order valence-electron chi connectivity index (χ2n) is 6.78. The predicted molar refractivity (Wildman–Crippen MR) is 107 cm³/mol. The van der Waals surface area contributed by atoms with Crippen LogP contribution in [0.4, 0.5) is 11.4 Å². The Labute approximate surface area is 159 Å². The van der Waals surface area contributed by atoms with Crippen LogP contribution >= 0.6 is 0 Å². The van der Waals surface area contributed by atoms with Gasteiger partial charge in [-0.3, -0.25) is 4.79 Å². The molecular formula is C21H25N3O3. The SMILES string of the molecule is COC(=O)c1ccc(N2CCN(C)CC2)c(NC(=O)c2ccccc2C)c1. The van der Waals surface area contributed by atoms with E-state index in [4.69, 9.17) is 4.74 Å². The van der Waals surface area contributed by atoms with E-state index in [1.807, 2.05) is 31.2 Å². The van der Waals surface area contributed by atoms with Gasteiger partial charge in [0.1, 0.15) is 0 Å². The van der Waals surface area contributed by atoms with Crippen molar-refractivity contribution in [2.24, 2.45) is 0 Å². The molecule has 2 aromatic rings. The summed E-state index contributed by atoms with van der Waals surface area (Å²) in [6.07, 6.45) is 0. The summed E-state index contributed by atoms with van der Waals surface area (Å²) >= 11 is 0. The minimum atomic E-state index is -0.425. The highest BCUT2D eigenvalue weighted by atomic mass is 16.5. The van der Waals surface area contributed by atoms with E-state index in [2.05, 4.69) is 22.2 Å². The fraction of sp³-hybridized carbons (Fsp3) is 0.333. The number of amides is 1. The summed E-state index contributed by atoms with van der Waals surface area (Å²) in [6, 6.07) is 12.8. The number of piperazine rings is 1. The molecule has 1 fully saturated rings. The zero-order chi connectivity index (χ0) is 19.4. The third kappa shape index (κ3) is 4.28. The molecule has 0 radical (unpaired) electrons. The lowest BCUT2D eigenvalue weighted by Gasteiger charge is -2.35. The van der Waals surface area contributed by atoms with Gasteiger partial charge in [0.2, 0.25) is 0 Å². The molecule has 1 heterocycles. The van der Waals surface area contributed by atoms with Crippen LogP contribution in [0.5, 0.6) is 0 Å². The number of rotatable bonds is 4. The van der Waals surface area contributed by atoms with E-state index in [1.54, 1.807) is 18.2 Å². The third-order valence-electron chi connectivity index (χ3n) is 4.90. The van der Waals surface area contributed by atoms with E-state index in [0.717, 1.165) is 37.4 Å². The van der Waals surface area contributed by atoms with Gasteiger partial charge < -0.3 is 19.9 Å². The number of aryl methyl sites for hydroxylation is 1. The highest BCUT2D eigenvalue weighted by Crippen LogP contribution is 2.29. The molecule has 1 N–H and O–H groups in total. The van der Waals surface area contributed by atoms with Crippen LogP contribution in [-0.4, -0.2) is 57.1 Å². The molecule has 0 aromatic heterocycles. The van der Waals surface area contributed by atoms with Crippen molar-refractivity contribution in [3.63, 3.8) is 0 Å². The number of methoxy groups -OCH3 is 1. The quantitative estimate of drug-likeness (QED) is 0.842. The van der Waals surface area contributed by atoms with Crippen molar-refractivity contribution in [2.45, 2.75) is 6.92 Å². The smallest absolute Gasteiger partial charge is 0.337 e. The number of nitrogens with zero attached hydrogens (tertiary/aromatic N) is 2. The van der Waals surface area contributed by atoms with Gasteiger partial charge >= 0.3 is 5.97 Å². The maximum atomic E-state index is 12.8. The number of anilines is 2. The molecule has 1 aliphatic rings. The molecule has 1 amide bonds. The topological polar surface area (TPSA) is 61.9 Å². The van der Waals surface area contributed by atoms with Crippen LogP contribution in [0.25, 0.3) is 0 Å². The molecule has 142 valence electrons. The summed E-state index contributed by atoms with van der Waals surface area (Å²) in [6.45, 7) is 5.53. The third-order valence-corrected chi connectivity index (χ3v) is 4.90. The van der Waals surface area contributed by atoms with Gasteiger partial charge in [0.05, 0.1) is 24.0 Å². The second kappa shape index (κ2) is 8.22. The maximum Gasteiger partial charge on any atom is 0.337 e. The molecule has 0 bridgehead atoms. The van der Waals surface area contributed by atoms with Crippen LogP contribution in [0.3, 0.4) is 0 Å². The first-order valence-electron chi connectivity index (χ1n) is 9.02. The standard InChI is InChI=1S/C21H25N3O3/c1-15-6-4-5-7-17(15)20(25)22-18-14-16(21(26)27-3)8-9-19(18)24-12-10-23(2)11-13-24/h4-9,14H,10-13H2,1-3H3,(H,22,25). The van der Waals surface area contributed by atoms with Gasteiger partial charge in [-0.15, -0.1) is 0 Å². The fourth-order valence-corrected chi connectivity index (χ4v) is 3.22. The van der Waals surface area contributed by atoms with Crippen LogP contribution in [0, 0.1) is 6.92 Å². The van der Waals surface area contributed by atoms with Gasteiger partial charge in [0.25, 0.3) is 5.91 Å². The number of hydrogen-bond acceptors (Lipinski definition) is 5. The number of carbonyl (C=O) groups excluding carboxylic acids is 2. The summed E-state index contributed by atoms with van der Waals surface area (Å²) < 4.78 is 4.83. The number of ether oxygens (including phenoxy) is 1. The van der Waals surface area contributed by atoms with Gasteiger partial charge in [-0.2, -0.15) is 0 Å². The molecule has 6 heteroatoms. The van der Waals surface area contributed by atoms with E-state index >= 15 is 0 Å². The molecule has 0 atom stereocenters. The lowest BCUT2D eigenvalue weighted by Crippen LogP contribution is -2.44. The predicted octanol–water partition coefficient (Wildman–Crippen LogP) is 2.79. The van der Waals surface area contributed by atoms with Gasteiger partial charge in [-0.05, 0) is 43.8 Å². The van der Waals surface area contributed by atoms with Crippen LogP contribution < -0.4 is 10.2 Å². The number of esters is 1. The van der Waals surface area contributed by atoms with Crippen molar-refractivity contribution in [2.75, 3.05) is 50.6 Å². The Balaban J connectivity index is 1.93. The first-order valence-corrected chi connectivity index (χ1v) is 9.02. The molecule has 0 saturated carbocycles. The molecule has 3 rings (SSSR count). The Kier molecular flexibility index (Phi) is 5.76. The molecule has 1 aliphatic heterocycles. The minimum absolute atomic E-state index is 0.189. The summed E-state index contributed by atoms with van der Waals surface area (Å²) in [4.78, 5) is 29.3. The van der Waals surface area contributed by atoms with Crippen LogP contribution in [0.2, 0.25) is 0 Å². The van der Waals surface area contributed by atoms with Crippen LogP contribution in [-0.2, 0) is 4.74 Å². The zero-order valence-corrected chi connectivity index (χ0v) is 16.0. The molecule has 0 aliphatic carbocycles. The van der Waals surface area contributed by atoms with E-state index in [1.165, 1.54) is 7.11 Å². The average molecular weight is 367 g/mol. The fourth-order valence-electron chi connectivity index (χ4n) is 3.22. The van der Waals surface area contributed by atoms with Gasteiger partial charge in [0.15, 0.2) is 0 Å². The lowest BCUT2D eigenvalue weighted by molar-refractivity contribution is 0.0600. The highest BCUT2D eigenvalue weighted by Gasteiger charge is 2.20. The molecule has 1 saturated heterocycles. The first kappa shape index (κ1) is 18.9.